The van der Waals surface area contributed by atoms with Crippen molar-refractivity contribution < 1.29 is 73.2 Å². The third kappa shape index (κ3) is 23.7. The van der Waals surface area contributed by atoms with Gasteiger partial charge in [0.05, 0.1) is 100 Å². The van der Waals surface area contributed by atoms with E-state index in [1.165, 1.54) is 24.6 Å². The number of nitrogens with one attached hydrogen (secondary N) is 4. The predicted octanol–water partition coefficient (Wildman–Crippen LogP) is 7.56. The maximum atomic E-state index is 12.2. The second-order valence-corrected chi connectivity index (χ2v) is 28.0. The molecule has 0 fully saturated rings. The van der Waals surface area contributed by atoms with Crippen LogP contribution < -0.4 is 33.8 Å². The third-order valence-electron chi connectivity index (χ3n) is 14.1. The summed E-state index contributed by atoms with van der Waals surface area (Å²) in [6.45, 7) is 20.0. The Kier molecular flexibility index (Phi) is 32.4. The number of esters is 4. The molecule has 13 N–H and O–H groups in total. The number of aromatic amines is 2. The number of aliphatic hydroxyl groups is 1. The zero-order valence-electron chi connectivity index (χ0n) is 58.9. The van der Waals surface area contributed by atoms with Crippen LogP contribution in [0.1, 0.15) is 87.5 Å². The van der Waals surface area contributed by atoms with Crippen molar-refractivity contribution in [3.05, 3.63) is 153 Å². The molecular weight excluding hydrogens is 1420 g/mol. The predicted molar refractivity (Wildman–Crippen MR) is 393 cm³/mol. The smallest absolute Gasteiger partial charge is 0.352 e. The molecule has 5 aromatic heterocycles. The average molecular weight is 1500 g/mol. The lowest BCUT2D eigenvalue weighted by atomic mass is 10.1. The van der Waals surface area contributed by atoms with Crippen molar-refractivity contribution in [2.45, 2.75) is 83.9 Å². The Labute approximate surface area is 600 Å². The number of nitriles is 1. The van der Waals surface area contributed by atoms with E-state index < -0.39 is 53.4 Å². The van der Waals surface area contributed by atoms with Crippen LogP contribution in [-0.2, 0) is 62.8 Å². The number of fused-ring (bicyclic) bond motifs is 3. The van der Waals surface area contributed by atoms with Gasteiger partial charge in [-0.25, -0.2) is 44.4 Å². The first-order chi connectivity index (χ1) is 48.7. The Morgan fingerprint density at radius 2 is 0.942 bits per heavy atom. The fourth-order valence-electron chi connectivity index (χ4n) is 9.13. The zero-order chi connectivity index (χ0) is 77.1. The van der Waals surface area contributed by atoms with Crippen LogP contribution in [0, 0.1) is 25.2 Å². The van der Waals surface area contributed by atoms with Gasteiger partial charge in [0.2, 0.25) is 0 Å². The Balaban J connectivity index is 0.000000268. The second-order valence-electron chi connectivity index (χ2n) is 21.6. The van der Waals surface area contributed by atoms with Crippen molar-refractivity contribution in [1.29, 1.82) is 5.26 Å². The summed E-state index contributed by atoms with van der Waals surface area (Å²) in [7, 11) is -9.84. The number of nitrogens with two attached hydrogens (primary N) is 4. The van der Waals surface area contributed by atoms with Crippen molar-refractivity contribution in [2.24, 2.45) is 21.7 Å². The van der Waals surface area contributed by atoms with E-state index in [1.54, 1.807) is 141 Å². The maximum Gasteiger partial charge on any atom is 0.352 e. The van der Waals surface area contributed by atoms with Crippen molar-refractivity contribution in [3.8, 4) is 6.07 Å². The van der Waals surface area contributed by atoms with Gasteiger partial charge in [0.15, 0.2) is 46.7 Å². The van der Waals surface area contributed by atoms with Crippen molar-refractivity contribution in [2.75, 3.05) is 93.6 Å². The normalized spacial score (nSPS) is 12.5. The lowest BCUT2D eigenvalue weighted by Gasteiger charge is -2.12. The van der Waals surface area contributed by atoms with Crippen molar-refractivity contribution in [1.82, 2.24) is 35.3 Å². The SMILES string of the molecule is CC1=C(CO)C(Nc2ccnc3ccc(S(C)(=O)=O)cc23)=NC1.CCOC(=O)/C(C#N)=C(\C)OCC.CCOC(=O)C1=C(C)CN=C1Nc1ccnc2ccc(S(C)(=O)=O)cc12.CCOC(=O)c1c(N)n[nH]c1C.CCOC(=O)c1c(N)n[nH]c1C.CS(=O)(=O)c1ccc2nccc(Cl)c2c1.NN. The highest BCUT2D eigenvalue weighted by Crippen LogP contribution is 2.30. The minimum absolute atomic E-state index is 0.0660. The largest absolute Gasteiger partial charge is 0.497 e. The van der Waals surface area contributed by atoms with E-state index in [4.69, 9.17) is 47.3 Å². The number of allylic oxidation sites excluding steroid dienone is 1. The lowest BCUT2D eigenvalue weighted by molar-refractivity contribution is -0.139. The number of pyridine rings is 3. The van der Waals surface area contributed by atoms with E-state index in [0.29, 0.717) is 128 Å². The van der Waals surface area contributed by atoms with E-state index in [9.17, 15) is 49.5 Å². The van der Waals surface area contributed by atoms with Crippen LogP contribution in [0.2, 0.25) is 5.02 Å². The fraction of sp³-hybridized carbons (Fsp3) is 0.313. The first-order valence-corrected chi connectivity index (χ1v) is 37.2. The van der Waals surface area contributed by atoms with Gasteiger partial charge in [-0.15, -0.1) is 0 Å². The van der Waals surface area contributed by atoms with Gasteiger partial charge in [-0.2, -0.15) is 15.5 Å². The molecule has 10 rings (SSSR count). The number of carbonyl (C=O) groups is 4. The number of anilines is 4. The third-order valence-corrected chi connectivity index (χ3v) is 17.8. The summed E-state index contributed by atoms with van der Waals surface area (Å²) in [5, 5.41) is 39.5. The quantitative estimate of drug-likeness (QED) is 0.00856. The number of halogens is 1. The summed E-state index contributed by atoms with van der Waals surface area (Å²) >= 11 is 5.94. The first kappa shape index (κ1) is 84.7. The van der Waals surface area contributed by atoms with Crippen LogP contribution in [0.15, 0.2) is 150 Å². The number of hydrogen-bond donors (Lipinski definition) is 9. The average Bonchev–Trinajstić information content (AvgIpc) is 1.64. The molecule has 0 saturated heterocycles. The highest BCUT2D eigenvalue weighted by atomic mass is 35.5. The van der Waals surface area contributed by atoms with Crippen LogP contribution in [0.25, 0.3) is 32.7 Å². The number of nitrogens with zero attached hydrogens (tertiary/aromatic N) is 8. The summed E-state index contributed by atoms with van der Waals surface area (Å²) < 4.78 is 94.2. The number of hydrogen-bond acceptors (Lipinski definition) is 30. The number of carbonyl (C=O) groups excluding carboxylic acids is 4. The number of aliphatic imine (C=N–C) groups is 2. The van der Waals surface area contributed by atoms with Gasteiger partial charge >= 0.3 is 23.9 Å². The highest BCUT2D eigenvalue weighted by molar-refractivity contribution is 7.91. The molecule has 0 amide bonds. The van der Waals surface area contributed by atoms with Gasteiger partial charge < -0.3 is 50.9 Å². The molecule has 0 bridgehead atoms. The van der Waals surface area contributed by atoms with Gasteiger partial charge in [-0.05, 0) is 153 Å². The highest BCUT2D eigenvalue weighted by Gasteiger charge is 2.26. The molecule has 2 aliphatic heterocycles. The number of ether oxygens (including phenoxy) is 5. The molecule has 0 radical (unpaired) electrons. The first-order valence-electron chi connectivity index (χ1n) is 31.1. The van der Waals surface area contributed by atoms with Crippen molar-refractivity contribution in [3.63, 3.8) is 0 Å². The maximum absolute atomic E-state index is 12.2. The molecule has 8 aromatic rings. The Bertz CT molecular complexity index is 4870. The summed E-state index contributed by atoms with van der Waals surface area (Å²) in [6, 6.07) is 21.2. The van der Waals surface area contributed by atoms with Gasteiger partial charge in [0.25, 0.3) is 0 Å². The monoisotopic (exact) mass is 1500 g/mol. The van der Waals surface area contributed by atoms with Gasteiger partial charge in [-0.1, -0.05) is 11.6 Å². The molecule has 103 heavy (non-hydrogen) atoms. The lowest BCUT2D eigenvalue weighted by Crippen LogP contribution is -2.21. The molecule has 0 unspecified atom stereocenters. The van der Waals surface area contributed by atoms with E-state index in [2.05, 4.69) is 72.4 Å². The van der Waals surface area contributed by atoms with Crippen LogP contribution in [-0.4, -0.2) is 173 Å². The number of benzene rings is 3. The molecule has 0 atom stereocenters. The summed E-state index contributed by atoms with van der Waals surface area (Å²) in [5.74, 6) is 7.79. The molecule has 0 aliphatic carbocycles. The van der Waals surface area contributed by atoms with Gasteiger partial charge in [-0.3, -0.25) is 46.8 Å². The Hall–Kier alpha value is -10.7. The topological polar surface area (TPSA) is 510 Å². The van der Waals surface area contributed by atoms with Gasteiger partial charge in [0.1, 0.15) is 40.2 Å². The number of rotatable bonds is 16. The molecule has 32 nitrogen and oxygen atoms in total. The van der Waals surface area contributed by atoms with Crippen LogP contribution in [0.3, 0.4) is 0 Å². The standard InChI is InChI=1S/C18H19N3O4S.C16H17N3O3S.C10H8ClNO2S.C9H13NO3.2C7H11N3O2.H4N2/c1-4-25-18(22)16-11(2)10-20-17(16)21-15-7-8-19-14-6-5-12(9-13(14)15)26(3,23)24;1-10-8-18-16(13(10)9-20)19-15-5-6-17-14-4-3-11(7-12(14)15)23(2,21)22;1-15(13,14)7-2-3-10-8(6-7)9(11)4-5-12-10;1-4-12-7(3)8(6-10)9(11)13-5-2;2*1-3-12-7(11)5-4(2)9-10-6(5)8;1-2/h5-9H,4,10H2,1-3H3,(H,19,20,21);3-7,20H,8-9H2,1-2H3,(H,17,18,19);2-6H,1H3;4-5H2,1-3H3;2*3H2,1-2H3,(H3,8,9,10);1-2H2/b;;;8-7+;;;. The Morgan fingerprint density at radius 3 is 1.33 bits per heavy atom. The van der Waals surface area contributed by atoms with Crippen LogP contribution in [0.5, 0.6) is 0 Å². The molecule has 2 aliphatic rings. The molecule has 36 heteroatoms. The summed E-state index contributed by atoms with van der Waals surface area (Å²) in [5.41, 5.74) is 19.1. The van der Waals surface area contributed by atoms with Gasteiger partial charge in [0, 0.05) is 70.5 Å². The van der Waals surface area contributed by atoms with Crippen LogP contribution in [0.4, 0.5) is 23.0 Å². The minimum atomic E-state index is -3.35. The van der Waals surface area contributed by atoms with E-state index >= 15 is 0 Å². The number of sulfone groups is 3. The number of aryl methyl sites for hydroxylation is 2. The number of aliphatic hydroxyl groups excluding tert-OH is 1. The van der Waals surface area contributed by atoms with E-state index in [1.807, 2.05) is 13.8 Å². The molecular formula is C67H83ClN16O16S3. The fourth-order valence-corrected chi connectivity index (χ4v) is 11.3. The van der Waals surface area contributed by atoms with Crippen molar-refractivity contribution >= 4 is 132 Å². The minimum Gasteiger partial charge on any atom is -0.497 e. The zero-order valence-corrected chi connectivity index (χ0v) is 62.1. The number of hydrazine groups is 1. The molecule has 0 spiro atoms. The van der Waals surface area contributed by atoms with E-state index in [-0.39, 0.29) is 51.7 Å². The number of amidine groups is 2. The molecule has 3 aromatic carbocycles. The molecule has 552 valence electrons. The Morgan fingerprint density at radius 1 is 0.563 bits per heavy atom. The summed E-state index contributed by atoms with van der Waals surface area (Å²) in [6.07, 6.45) is 8.35. The number of H-pyrrole nitrogens is 2. The van der Waals surface area contributed by atoms with E-state index in [0.717, 1.165) is 23.0 Å². The second kappa shape index (κ2) is 39.5. The summed E-state index contributed by atoms with van der Waals surface area (Å²) in [4.78, 5) is 67.7. The molecule has 7 heterocycles. The number of aromatic nitrogens is 7. The molecule has 0 saturated carbocycles. The number of nitrogen functional groups attached to an aromatic ring is 2. The van der Waals surface area contributed by atoms with Crippen LogP contribution >= 0.6 is 11.6 Å².